The van der Waals surface area contributed by atoms with Crippen LogP contribution in [0.5, 0.6) is 0 Å². The lowest BCUT2D eigenvalue weighted by Crippen LogP contribution is -2.30. The molecule has 0 aliphatic rings. The first-order valence-electron chi connectivity index (χ1n) is 6.70. The van der Waals surface area contributed by atoms with Gasteiger partial charge in [0.1, 0.15) is 10.5 Å². The van der Waals surface area contributed by atoms with E-state index in [2.05, 4.69) is 36.1 Å². The van der Waals surface area contributed by atoms with Crippen LogP contribution in [0.1, 0.15) is 33.0 Å². The molecule has 1 atom stereocenters. The molecule has 0 amide bonds. The highest BCUT2D eigenvalue weighted by atomic mass is 32.1. The van der Waals surface area contributed by atoms with Crippen molar-refractivity contribution in [2.75, 3.05) is 6.54 Å². The molecule has 20 heavy (non-hydrogen) atoms. The van der Waals surface area contributed by atoms with E-state index >= 15 is 0 Å². The van der Waals surface area contributed by atoms with Crippen molar-refractivity contribution >= 4 is 21.6 Å². The molecule has 0 saturated carbocycles. The summed E-state index contributed by atoms with van der Waals surface area (Å²) in [5.41, 5.74) is 0.728. The summed E-state index contributed by atoms with van der Waals surface area (Å²) in [6.07, 6.45) is 0.333. The van der Waals surface area contributed by atoms with Crippen LogP contribution in [0, 0.1) is 5.41 Å². The molecule has 0 bridgehead atoms. The monoisotopic (exact) mass is 295 g/mol. The Labute approximate surface area is 122 Å². The van der Waals surface area contributed by atoms with E-state index in [1.807, 2.05) is 11.4 Å². The SMILES string of the molecule is CC(C)(C)CC(O)CNCc1nc2ccsc2c(=O)[nH]1. The van der Waals surface area contributed by atoms with Gasteiger partial charge in [-0.1, -0.05) is 20.8 Å². The summed E-state index contributed by atoms with van der Waals surface area (Å²) in [4.78, 5) is 18.9. The molecule has 2 aromatic heterocycles. The summed E-state index contributed by atoms with van der Waals surface area (Å²) < 4.78 is 0.654. The van der Waals surface area contributed by atoms with Crippen LogP contribution in [-0.4, -0.2) is 27.7 Å². The van der Waals surface area contributed by atoms with Gasteiger partial charge in [-0.3, -0.25) is 4.79 Å². The quantitative estimate of drug-likeness (QED) is 0.787. The van der Waals surface area contributed by atoms with E-state index in [-0.39, 0.29) is 11.0 Å². The topological polar surface area (TPSA) is 78.0 Å². The number of thiophene rings is 1. The maximum atomic E-state index is 11.8. The number of aromatic amines is 1. The summed E-state index contributed by atoms with van der Waals surface area (Å²) in [6.45, 7) is 7.23. The summed E-state index contributed by atoms with van der Waals surface area (Å²) in [7, 11) is 0. The number of fused-ring (bicyclic) bond motifs is 1. The molecule has 0 radical (unpaired) electrons. The molecule has 3 N–H and O–H groups in total. The minimum Gasteiger partial charge on any atom is -0.392 e. The van der Waals surface area contributed by atoms with Crippen molar-refractivity contribution < 1.29 is 5.11 Å². The Morgan fingerprint density at radius 2 is 2.25 bits per heavy atom. The molecule has 2 heterocycles. The van der Waals surface area contributed by atoms with Crippen molar-refractivity contribution in [2.45, 2.75) is 39.8 Å². The highest BCUT2D eigenvalue weighted by Crippen LogP contribution is 2.20. The maximum absolute atomic E-state index is 11.8. The zero-order valence-corrected chi connectivity index (χ0v) is 12.9. The molecular formula is C14H21N3O2S. The van der Waals surface area contributed by atoms with Crippen molar-refractivity contribution in [2.24, 2.45) is 5.41 Å². The molecule has 0 aliphatic heterocycles. The number of hydrogen-bond donors (Lipinski definition) is 3. The lowest BCUT2D eigenvalue weighted by atomic mass is 9.89. The number of H-pyrrole nitrogens is 1. The molecule has 0 saturated heterocycles. The Morgan fingerprint density at radius 3 is 2.95 bits per heavy atom. The Kier molecular flexibility index (Phi) is 4.57. The molecule has 110 valence electrons. The first-order chi connectivity index (χ1) is 9.35. The Balaban J connectivity index is 1.91. The van der Waals surface area contributed by atoms with Crippen LogP contribution in [0.25, 0.3) is 10.2 Å². The Hall–Kier alpha value is -1.24. The number of aromatic nitrogens is 2. The van der Waals surface area contributed by atoms with Gasteiger partial charge in [0.25, 0.3) is 5.56 Å². The van der Waals surface area contributed by atoms with Crippen molar-refractivity contribution in [3.8, 4) is 0 Å². The average Bonchev–Trinajstić information content (AvgIpc) is 2.75. The molecule has 0 aliphatic carbocycles. The second-order valence-electron chi connectivity index (χ2n) is 6.20. The van der Waals surface area contributed by atoms with Gasteiger partial charge in [0.05, 0.1) is 18.2 Å². The number of aliphatic hydroxyl groups excluding tert-OH is 1. The largest absolute Gasteiger partial charge is 0.392 e. The van der Waals surface area contributed by atoms with Gasteiger partial charge in [-0.05, 0) is 23.3 Å². The molecule has 2 aromatic rings. The van der Waals surface area contributed by atoms with E-state index in [0.29, 0.717) is 23.6 Å². The average molecular weight is 295 g/mol. The fourth-order valence-corrected chi connectivity index (χ4v) is 2.87. The zero-order valence-electron chi connectivity index (χ0n) is 12.1. The van der Waals surface area contributed by atoms with Crippen LogP contribution in [0.3, 0.4) is 0 Å². The van der Waals surface area contributed by atoms with Crippen molar-refractivity contribution in [1.82, 2.24) is 15.3 Å². The number of nitrogens with one attached hydrogen (secondary N) is 2. The number of aliphatic hydroxyl groups is 1. The summed E-state index contributed by atoms with van der Waals surface area (Å²) >= 11 is 1.39. The summed E-state index contributed by atoms with van der Waals surface area (Å²) in [5.74, 6) is 0.601. The second-order valence-corrected chi connectivity index (χ2v) is 7.11. The highest BCUT2D eigenvalue weighted by molar-refractivity contribution is 7.17. The minimum atomic E-state index is -0.397. The predicted octanol–water partition coefficient (Wildman–Crippen LogP) is 1.87. The summed E-state index contributed by atoms with van der Waals surface area (Å²) in [6, 6.07) is 1.84. The van der Waals surface area contributed by atoms with Gasteiger partial charge in [-0.2, -0.15) is 0 Å². The zero-order chi connectivity index (χ0) is 14.8. The Bertz CT molecular complexity index is 627. The number of nitrogens with zero attached hydrogens (tertiary/aromatic N) is 1. The number of hydrogen-bond acceptors (Lipinski definition) is 5. The smallest absolute Gasteiger partial charge is 0.268 e. The van der Waals surface area contributed by atoms with Gasteiger partial charge in [-0.25, -0.2) is 4.98 Å². The van der Waals surface area contributed by atoms with Crippen LogP contribution < -0.4 is 10.9 Å². The second kappa shape index (κ2) is 6.03. The van der Waals surface area contributed by atoms with Crippen LogP contribution in [0.15, 0.2) is 16.2 Å². The summed E-state index contributed by atoms with van der Waals surface area (Å²) in [5, 5.41) is 14.9. The van der Waals surface area contributed by atoms with Gasteiger partial charge in [0.15, 0.2) is 0 Å². The van der Waals surface area contributed by atoms with E-state index < -0.39 is 6.10 Å². The first-order valence-corrected chi connectivity index (χ1v) is 7.58. The molecule has 2 rings (SSSR count). The van der Waals surface area contributed by atoms with Gasteiger partial charge in [-0.15, -0.1) is 11.3 Å². The first kappa shape index (κ1) is 15.2. The predicted molar refractivity (Wildman–Crippen MR) is 82.0 cm³/mol. The standard InChI is InChI=1S/C14H21N3O2S/c1-14(2,3)6-9(18)7-15-8-11-16-10-4-5-20-12(10)13(19)17-11/h4-5,9,15,18H,6-8H2,1-3H3,(H,16,17,19). The highest BCUT2D eigenvalue weighted by Gasteiger charge is 2.16. The van der Waals surface area contributed by atoms with E-state index in [9.17, 15) is 9.90 Å². The third kappa shape index (κ3) is 4.13. The van der Waals surface area contributed by atoms with Crippen LogP contribution in [0.2, 0.25) is 0 Å². The minimum absolute atomic E-state index is 0.1000. The molecular weight excluding hydrogens is 274 g/mol. The van der Waals surface area contributed by atoms with Gasteiger partial charge < -0.3 is 15.4 Å². The van der Waals surface area contributed by atoms with E-state index in [1.165, 1.54) is 11.3 Å². The van der Waals surface area contributed by atoms with Gasteiger partial charge in [0.2, 0.25) is 0 Å². The third-order valence-corrected chi connectivity index (χ3v) is 3.79. The molecule has 0 fully saturated rings. The molecule has 6 heteroatoms. The lowest BCUT2D eigenvalue weighted by Gasteiger charge is -2.22. The van der Waals surface area contributed by atoms with Gasteiger partial charge in [0, 0.05) is 6.54 Å². The molecule has 0 aromatic carbocycles. The molecule has 0 spiro atoms. The van der Waals surface area contributed by atoms with E-state index in [0.717, 1.165) is 11.9 Å². The van der Waals surface area contributed by atoms with Crippen molar-refractivity contribution in [1.29, 1.82) is 0 Å². The third-order valence-electron chi connectivity index (χ3n) is 2.88. The molecule has 5 nitrogen and oxygen atoms in total. The molecule has 1 unspecified atom stereocenters. The van der Waals surface area contributed by atoms with Crippen LogP contribution >= 0.6 is 11.3 Å². The Morgan fingerprint density at radius 1 is 1.50 bits per heavy atom. The van der Waals surface area contributed by atoms with Gasteiger partial charge >= 0.3 is 0 Å². The van der Waals surface area contributed by atoms with Crippen molar-refractivity contribution in [3.63, 3.8) is 0 Å². The lowest BCUT2D eigenvalue weighted by molar-refractivity contribution is 0.119. The fourth-order valence-electron chi connectivity index (χ4n) is 2.14. The van der Waals surface area contributed by atoms with Crippen LogP contribution in [0.4, 0.5) is 0 Å². The normalized spacial score (nSPS) is 13.8. The fraction of sp³-hybridized carbons (Fsp3) is 0.571. The number of rotatable bonds is 5. The van der Waals surface area contributed by atoms with E-state index in [4.69, 9.17) is 0 Å². The maximum Gasteiger partial charge on any atom is 0.268 e. The van der Waals surface area contributed by atoms with Crippen molar-refractivity contribution in [3.05, 3.63) is 27.6 Å². The van der Waals surface area contributed by atoms with Crippen LogP contribution in [-0.2, 0) is 6.54 Å². The van der Waals surface area contributed by atoms with E-state index in [1.54, 1.807) is 0 Å².